The lowest BCUT2D eigenvalue weighted by atomic mass is 9.71. The van der Waals surface area contributed by atoms with Gasteiger partial charge in [0.2, 0.25) is 0 Å². The number of hydrogen-bond acceptors (Lipinski definition) is 3. The Bertz CT molecular complexity index is 540. The monoisotopic (exact) mass is 287 g/mol. The van der Waals surface area contributed by atoms with Crippen LogP contribution in [-0.4, -0.2) is 12.7 Å². The highest BCUT2D eigenvalue weighted by Crippen LogP contribution is 2.52. The zero-order valence-electron chi connectivity index (χ0n) is 12.8. The first-order valence-corrected chi connectivity index (χ1v) is 8.32. The van der Waals surface area contributed by atoms with Crippen molar-refractivity contribution in [2.75, 3.05) is 7.11 Å². The molecule has 1 aromatic carbocycles. The fraction of sp³-hybridized carbons (Fsp3) is 0.667. The third kappa shape index (κ3) is 2.42. The van der Waals surface area contributed by atoms with Crippen molar-refractivity contribution in [3.8, 4) is 11.5 Å². The first-order valence-electron chi connectivity index (χ1n) is 8.32. The van der Waals surface area contributed by atoms with Gasteiger partial charge in [-0.15, -0.1) is 0 Å². The lowest BCUT2D eigenvalue weighted by molar-refractivity contribution is -0.0208. The number of fused-ring (bicyclic) bond motifs is 1. The molecule has 3 unspecified atom stereocenters. The maximum atomic E-state index is 6.50. The molecule has 1 aromatic rings. The number of ether oxygens (including phenoxy) is 2. The van der Waals surface area contributed by atoms with Crippen molar-refractivity contribution in [1.29, 1.82) is 0 Å². The number of rotatable bonds is 2. The van der Waals surface area contributed by atoms with Crippen LogP contribution in [0, 0.1) is 11.8 Å². The summed E-state index contributed by atoms with van der Waals surface area (Å²) in [6.07, 6.45) is 8.86. The standard InChI is InChI=1S/C18H25NO2/c1-20-14-6-7-17-15(9-14)16(19)11-18(21-17)8-2-3-13(10-18)12-4-5-12/h6-7,9,12-13,16H,2-5,8,10-11,19H2,1H3. The van der Waals surface area contributed by atoms with Crippen LogP contribution in [0.15, 0.2) is 18.2 Å². The van der Waals surface area contributed by atoms with Gasteiger partial charge in [0.15, 0.2) is 0 Å². The minimum atomic E-state index is -0.00743. The van der Waals surface area contributed by atoms with Gasteiger partial charge in [-0.1, -0.05) is 0 Å². The molecule has 0 saturated heterocycles. The zero-order valence-corrected chi connectivity index (χ0v) is 12.8. The summed E-state index contributed by atoms with van der Waals surface area (Å²) >= 11 is 0. The maximum Gasteiger partial charge on any atom is 0.125 e. The molecule has 0 radical (unpaired) electrons. The molecule has 2 saturated carbocycles. The maximum absolute atomic E-state index is 6.50. The van der Waals surface area contributed by atoms with Gasteiger partial charge in [-0.3, -0.25) is 0 Å². The minimum absolute atomic E-state index is 0.00743. The molecule has 1 spiro atoms. The Morgan fingerprint density at radius 1 is 1.19 bits per heavy atom. The van der Waals surface area contributed by atoms with Crippen LogP contribution < -0.4 is 15.2 Å². The van der Waals surface area contributed by atoms with E-state index in [2.05, 4.69) is 0 Å². The Balaban J connectivity index is 1.61. The summed E-state index contributed by atoms with van der Waals surface area (Å²) in [5, 5.41) is 0. The minimum Gasteiger partial charge on any atom is -0.497 e. The molecule has 1 aliphatic heterocycles. The molecule has 21 heavy (non-hydrogen) atoms. The van der Waals surface area contributed by atoms with Crippen LogP contribution in [0.5, 0.6) is 11.5 Å². The normalized spacial score (nSPS) is 35.1. The quantitative estimate of drug-likeness (QED) is 0.899. The fourth-order valence-electron chi connectivity index (χ4n) is 4.44. The van der Waals surface area contributed by atoms with E-state index in [4.69, 9.17) is 15.2 Å². The fourth-order valence-corrected chi connectivity index (χ4v) is 4.44. The summed E-state index contributed by atoms with van der Waals surface area (Å²) in [7, 11) is 1.69. The van der Waals surface area contributed by atoms with E-state index < -0.39 is 0 Å². The van der Waals surface area contributed by atoms with Crippen molar-refractivity contribution >= 4 is 0 Å². The number of nitrogens with two attached hydrogens (primary N) is 1. The van der Waals surface area contributed by atoms with E-state index >= 15 is 0 Å². The summed E-state index contributed by atoms with van der Waals surface area (Å²) < 4.78 is 11.8. The van der Waals surface area contributed by atoms with Crippen LogP contribution in [0.1, 0.15) is 56.6 Å². The van der Waals surface area contributed by atoms with Crippen molar-refractivity contribution in [3.05, 3.63) is 23.8 Å². The molecule has 0 aromatic heterocycles. The second kappa shape index (κ2) is 4.91. The van der Waals surface area contributed by atoms with Gasteiger partial charge in [0, 0.05) is 18.0 Å². The molecule has 3 atom stereocenters. The van der Waals surface area contributed by atoms with Gasteiger partial charge in [-0.25, -0.2) is 0 Å². The van der Waals surface area contributed by atoms with Crippen molar-refractivity contribution in [3.63, 3.8) is 0 Å². The molecule has 3 heteroatoms. The summed E-state index contributed by atoms with van der Waals surface area (Å²) in [6.45, 7) is 0. The van der Waals surface area contributed by atoms with Gasteiger partial charge < -0.3 is 15.2 Å². The van der Waals surface area contributed by atoms with E-state index in [1.165, 1.54) is 32.1 Å². The Hall–Kier alpha value is -1.22. The average molecular weight is 287 g/mol. The summed E-state index contributed by atoms with van der Waals surface area (Å²) in [6, 6.07) is 6.12. The highest BCUT2D eigenvalue weighted by molar-refractivity contribution is 5.44. The molecule has 0 amide bonds. The highest BCUT2D eigenvalue weighted by atomic mass is 16.5. The predicted octanol–water partition coefficient (Wildman–Crippen LogP) is 3.82. The number of methoxy groups -OCH3 is 1. The third-order valence-corrected chi connectivity index (χ3v) is 5.66. The Labute approximate surface area is 126 Å². The molecule has 2 fully saturated rings. The first kappa shape index (κ1) is 13.4. The van der Waals surface area contributed by atoms with Crippen molar-refractivity contribution in [2.45, 2.75) is 56.6 Å². The van der Waals surface area contributed by atoms with E-state index in [0.29, 0.717) is 0 Å². The van der Waals surface area contributed by atoms with E-state index in [1.807, 2.05) is 18.2 Å². The molecule has 3 aliphatic rings. The van der Waals surface area contributed by atoms with E-state index in [0.717, 1.165) is 41.7 Å². The molecule has 0 bridgehead atoms. The number of hydrogen-bond donors (Lipinski definition) is 1. The lowest BCUT2D eigenvalue weighted by Crippen LogP contribution is -2.46. The second-order valence-electron chi connectivity index (χ2n) is 7.19. The van der Waals surface area contributed by atoms with Gasteiger partial charge in [-0.2, -0.15) is 0 Å². The van der Waals surface area contributed by atoms with Crippen LogP contribution in [-0.2, 0) is 0 Å². The molecule has 114 valence electrons. The van der Waals surface area contributed by atoms with Crippen molar-refractivity contribution in [2.24, 2.45) is 17.6 Å². The smallest absolute Gasteiger partial charge is 0.125 e. The SMILES string of the molecule is COc1ccc2c(c1)C(N)CC1(CCCC(C3CC3)C1)O2. The number of benzene rings is 1. The van der Waals surface area contributed by atoms with Gasteiger partial charge in [0.25, 0.3) is 0 Å². The van der Waals surface area contributed by atoms with Crippen LogP contribution >= 0.6 is 0 Å². The van der Waals surface area contributed by atoms with Crippen molar-refractivity contribution < 1.29 is 9.47 Å². The van der Waals surface area contributed by atoms with Crippen LogP contribution in [0.2, 0.25) is 0 Å². The van der Waals surface area contributed by atoms with Gasteiger partial charge in [-0.05, 0) is 68.6 Å². The van der Waals surface area contributed by atoms with Gasteiger partial charge >= 0.3 is 0 Å². The molecule has 4 rings (SSSR count). The third-order valence-electron chi connectivity index (χ3n) is 5.66. The average Bonchev–Trinajstić information content (AvgIpc) is 3.32. The van der Waals surface area contributed by atoms with Gasteiger partial charge in [0.1, 0.15) is 17.1 Å². The zero-order chi connectivity index (χ0) is 14.4. The van der Waals surface area contributed by atoms with Crippen LogP contribution in [0.4, 0.5) is 0 Å². The van der Waals surface area contributed by atoms with Crippen LogP contribution in [0.25, 0.3) is 0 Å². The first-order chi connectivity index (χ1) is 10.2. The molecule has 3 nitrogen and oxygen atoms in total. The molecule has 1 heterocycles. The summed E-state index contributed by atoms with van der Waals surface area (Å²) in [4.78, 5) is 0. The predicted molar refractivity (Wildman–Crippen MR) is 82.6 cm³/mol. The summed E-state index contributed by atoms with van der Waals surface area (Å²) in [5.74, 6) is 3.68. The molecular weight excluding hydrogens is 262 g/mol. The largest absolute Gasteiger partial charge is 0.497 e. The molecular formula is C18H25NO2. The van der Waals surface area contributed by atoms with E-state index in [-0.39, 0.29) is 11.6 Å². The van der Waals surface area contributed by atoms with Crippen LogP contribution in [0.3, 0.4) is 0 Å². The molecule has 2 N–H and O–H groups in total. The Morgan fingerprint density at radius 3 is 2.81 bits per heavy atom. The van der Waals surface area contributed by atoms with Crippen molar-refractivity contribution in [1.82, 2.24) is 0 Å². The second-order valence-corrected chi connectivity index (χ2v) is 7.19. The van der Waals surface area contributed by atoms with Gasteiger partial charge in [0.05, 0.1) is 7.11 Å². The van der Waals surface area contributed by atoms with E-state index in [9.17, 15) is 0 Å². The summed E-state index contributed by atoms with van der Waals surface area (Å²) in [5.41, 5.74) is 7.57. The highest BCUT2D eigenvalue weighted by Gasteiger charge is 2.46. The van der Waals surface area contributed by atoms with E-state index in [1.54, 1.807) is 7.11 Å². The lowest BCUT2D eigenvalue weighted by Gasteiger charge is -2.46. The Kier molecular flexibility index (Phi) is 3.14. The molecule has 2 aliphatic carbocycles. The Morgan fingerprint density at radius 2 is 2.05 bits per heavy atom. The topological polar surface area (TPSA) is 44.5 Å².